The van der Waals surface area contributed by atoms with Crippen LogP contribution < -0.4 is 10.5 Å². The molecule has 0 saturated carbocycles. The molecule has 0 spiro atoms. The monoisotopic (exact) mass is 324 g/mol. The fraction of sp³-hybridized carbons (Fsp3) is 0.0714. The Hall–Kier alpha value is -1.89. The molecule has 110 valence electrons. The average molecular weight is 325 g/mol. The van der Waals surface area contributed by atoms with Crippen LogP contribution in [0.2, 0.25) is 5.02 Å². The average Bonchev–Trinajstić information content (AvgIpc) is 2.40. The molecule has 3 N–H and O–H groups in total. The van der Waals surface area contributed by atoms with Gasteiger partial charge in [0.25, 0.3) is 5.91 Å². The van der Waals surface area contributed by atoms with Crippen molar-refractivity contribution in [2.24, 2.45) is 5.14 Å². The lowest BCUT2D eigenvalue weighted by molar-refractivity contribution is 0.102. The number of aryl methyl sites for hydroxylation is 1. The van der Waals surface area contributed by atoms with E-state index < -0.39 is 10.0 Å². The number of primary sulfonamides is 1. The van der Waals surface area contributed by atoms with Gasteiger partial charge < -0.3 is 5.32 Å². The van der Waals surface area contributed by atoms with Gasteiger partial charge in [-0.25, -0.2) is 13.6 Å². The van der Waals surface area contributed by atoms with Crippen molar-refractivity contribution in [3.8, 4) is 0 Å². The third-order valence-electron chi connectivity index (χ3n) is 2.89. The van der Waals surface area contributed by atoms with Gasteiger partial charge in [-0.3, -0.25) is 4.79 Å². The number of benzene rings is 2. The van der Waals surface area contributed by atoms with E-state index >= 15 is 0 Å². The van der Waals surface area contributed by atoms with Gasteiger partial charge in [-0.05, 0) is 42.8 Å². The van der Waals surface area contributed by atoms with Gasteiger partial charge in [0.1, 0.15) is 0 Å². The molecule has 0 saturated heterocycles. The van der Waals surface area contributed by atoms with Crippen LogP contribution in [0.5, 0.6) is 0 Å². The van der Waals surface area contributed by atoms with Crippen molar-refractivity contribution in [1.82, 2.24) is 0 Å². The van der Waals surface area contributed by atoms with Crippen LogP contribution in [0.3, 0.4) is 0 Å². The third-order valence-corrected chi connectivity index (χ3v) is 4.13. The van der Waals surface area contributed by atoms with Crippen LogP contribution in [-0.4, -0.2) is 14.3 Å². The van der Waals surface area contributed by atoms with E-state index in [2.05, 4.69) is 5.32 Å². The Morgan fingerprint density at radius 3 is 2.43 bits per heavy atom. The Bertz CT molecular complexity index is 804. The van der Waals surface area contributed by atoms with Gasteiger partial charge in [0.15, 0.2) is 0 Å². The molecule has 2 rings (SSSR count). The topological polar surface area (TPSA) is 89.3 Å². The predicted octanol–water partition coefficient (Wildman–Crippen LogP) is 2.55. The van der Waals surface area contributed by atoms with Crippen LogP contribution in [0.1, 0.15) is 15.9 Å². The van der Waals surface area contributed by atoms with Crippen LogP contribution in [0.15, 0.2) is 47.4 Å². The smallest absolute Gasteiger partial charge is 0.257 e. The van der Waals surface area contributed by atoms with Crippen molar-refractivity contribution in [3.05, 3.63) is 58.6 Å². The van der Waals surface area contributed by atoms with Gasteiger partial charge in [-0.15, -0.1) is 0 Å². The van der Waals surface area contributed by atoms with Crippen LogP contribution in [0.4, 0.5) is 5.69 Å². The fourth-order valence-corrected chi connectivity index (χ4v) is 2.61. The summed E-state index contributed by atoms with van der Waals surface area (Å²) in [6, 6.07) is 10.9. The zero-order valence-corrected chi connectivity index (χ0v) is 12.7. The Morgan fingerprint density at radius 1 is 1.19 bits per heavy atom. The van der Waals surface area contributed by atoms with E-state index in [1.807, 2.05) is 0 Å². The summed E-state index contributed by atoms with van der Waals surface area (Å²) < 4.78 is 22.5. The summed E-state index contributed by atoms with van der Waals surface area (Å²) >= 11 is 5.95. The van der Waals surface area contributed by atoms with Crippen molar-refractivity contribution in [3.63, 3.8) is 0 Å². The lowest BCUT2D eigenvalue weighted by atomic mass is 10.1. The molecule has 0 fully saturated rings. The normalized spacial score (nSPS) is 11.2. The van der Waals surface area contributed by atoms with Crippen molar-refractivity contribution in [2.45, 2.75) is 11.8 Å². The van der Waals surface area contributed by atoms with E-state index in [1.165, 1.54) is 18.2 Å². The molecule has 0 atom stereocenters. The third kappa shape index (κ3) is 3.60. The van der Waals surface area contributed by atoms with Crippen molar-refractivity contribution < 1.29 is 13.2 Å². The van der Waals surface area contributed by atoms with Gasteiger partial charge in [-0.2, -0.15) is 0 Å². The van der Waals surface area contributed by atoms with Gasteiger partial charge in [0.05, 0.1) is 15.5 Å². The molecule has 0 aromatic heterocycles. The first-order chi connectivity index (χ1) is 9.79. The number of anilines is 1. The minimum Gasteiger partial charge on any atom is -0.322 e. The largest absolute Gasteiger partial charge is 0.322 e. The molecule has 0 aliphatic rings. The fourth-order valence-electron chi connectivity index (χ4n) is 1.79. The lowest BCUT2D eigenvalue weighted by Gasteiger charge is -2.10. The quantitative estimate of drug-likeness (QED) is 0.909. The SMILES string of the molecule is Cc1cc(S(N)(=O)=O)ccc1NC(=O)c1ccccc1Cl. The molecular formula is C14H13ClN2O3S. The maximum Gasteiger partial charge on any atom is 0.257 e. The van der Waals surface area contributed by atoms with Crippen LogP contribution in [0.25, 0.3) is 0 Å². The maximum absolute atomic E-state index is 12.1. The molecule has 2 aromatic carbocycles. The minimum atomic E-state index is -3.76. The molecule has 5 nitrogen and oxygen atoms in total. The number of sulfonamides is 1. The molecule has 0 heterocycles. The van der Waals surface area contributed by atoms with Crippen LogP contribution >= 0.6 is 11.6 Å². The van der Waals surface area contributed by atoms with E-state index in [0.29, 0.717) is 21.8 Å². The highest BCUT2D eigenvalue weighted by Crippen LogP contribution is 2.21. The highest BCUT2D eigenvalue weighted by atomic mass is 35.5. The maximum atomic E-state index is 12.1. The molecule has 0 unspecified atom stereocenters. The van der Waals surface area contributed by atoms with Crippen molar-refractivity contribution >= 4 is 33.2 Å². The summed E-state index contributed by atoms with van der Waals surface area (Å²) in [6.07, 6.45) is 0. The second-order valence-corrected chi connectivity index (χ2v) is 6.42. The number of carbonyl (C=O) groups excluding carboxylic acids is 1. The molecule has 2 aromatic rings. The van der Waals surface area contributed by atoms with Crippen molar-refractivity contribution in [2.75, 3.05) is 5.32 Å². The lowest BCUT2D eigenvalue weighted by Crippen LogP contribution is -2.15. The standard InChI is InChI=1S/C14H13ClN2O3S/c1-9-8-10(21(16,19)20)6-7-13(9)17-14(18)11-4-2-3-5-12(11)15/h2-8H,1H3,(H,17,18)(H2,16,19,20). The predicted molar refractivity (Wildman–Crippen MR) is 82.0 cm³/mol. The van der Waals surface area contributed by atoms with E-state index in [1.54, 1.807) is 31.2 Å². The summed E-state index contributed by atoms with van der Waals surface area (Å²) in [5.74, 6) is -0.368. The summed E-state index contributed by atoms with van der Waals surface area (Å²) in [5, 5.41) is 8.08. The number of carbonyl (C=O) groups is 1. The number of nitrogens with two attached hydrogens (primary N) is 1. The number of rotatable bonds is 3. The summed E-state index contributed by atoms with van der Waals surface area (Å²) in [6.45, 7) is 1.68. The van der Waals surface area contributed by atoms with Gasteiger partial charge >= 0.3 is 0 Å². The molecule has 1 amide bonds. The molecule has 21 heavy (non-hydrogen) atoms. The number of hydrogen-bond donors (Lipinski definition) is 2. The Labute approximate surface area is 127 Å². The summed E-state index contributed by atoms with van der Waals surface area (Å²) in [7, 11) is -3.76. The zero-order chi connectivity index (χ0) is 15.6. The molecule has 0 aliphatic heterocycles. The number of nitrogens with one attached hydrogen (secondary N) is 1. The Morgan fingerprint density at radius 2 is 1.86 bits per heavy atom. The van der Waals surface area contributed by atoms with Crippen LogP contribution in [-0.2, 0) is 10.0 Å². The highest BCUT2D eigenvalue weighted by Gasteiger charge is 2.13. The Balaban J connectivity index is 2.29. The van der Waals surface area contributed by atoms with Gasteiger partial charge in [0.2, 0.25) is 10.0 Å². The van der Waals surface area contributed by atoms with E-state index in [9.17, 15) is 13.2 Å². The second kappa shape index (κ2) is 5.85. The molecule has 0 bridgehead atoms. The molecule has 0 radical (unpaired) electrons. The second-order valence-electron chi connectivity index (χ2n) is 4.46. The number of hydrogen-bond acceptors (Lipinski definition) is 3. The van der Waals surface area contributed by atoms with Crippen molar-refractivity contribution in [1.29, 1.82) is 0 Å². The first-order valence-electron chi connectivity index (χ1n) is 5.98. The van der Waals surface area contributed by atoms with Gasteiger partial charge in [0, 0.05) is 5.69 Å². The highest BCUT2D eigenvalue weighted by molar-refractivity contribution is 7.89. The summed E-state index contributed by atoms with van der Waals surface area (Å²) in [4.78, 5) is 12.1. The first kappa shape index (κ1) is 15.5. The van der Waals surface area contributed by atoms with E-state index in [0.717, 1.165) is 0 Å². The summed E-state index contributed by atoms with van der Waals surface area (Å²) in [5.41, 5.74) is 1.42. The molecule has 0 aliphatic carbocycles. The minimum absolute atomic E-state index is 0.00394. The number of amides is 1. The molecule has 7 heteroatoms. The van der Waals surface area contributed by atoms with E-state index in [4.69, 9.17) is 16.7 Å². The van der Waals surface area contributed by atoms with E-state index in [-0.39, 0.29) is 10.8 Å². The number of halogens is 1. The van der Waals surface area contributed by atoms with Crippen LogP contribution in [0, 0.1) is 6.92 Å². The zero-order valence-electron chi connectivity index (χ0n) is 11.1. The molecular weight excluding hydrogens is 312 g/mol. The van der Waals surface area contributed by atoms with Gasteiger partial charge in [-0.1, -0.05) is 23.7 Å². The Kier molecular flexibility index (Phi) is 4.32. The first-order valence-corrected chi connectivity index (χ1v) is 7.91.